The zero-order chi connectivity index (χ0) is 12.3. The second-order valence-corrected chi connectivity index (χ2v) is 5.53. The largest absolute Gasteiger partial charge is 0.305 e. The Morgan fingerprint density at radius 3 is 2.76 bits per heavy atom. The van der Waals surface area contributed by atoms with E-state index in [0.717, 1.165) is 6.54 Å². The van der Waals surface area contributed by atoms with Crippen LogP contribution in [0, 0.1) is 13.8 Å². The van der Waals surface area contributed by atoms with E-state index in [1.807, 2.05) is 11.3 Å². The second kappa shape index (κ2) is 5.48. The van der Waals surface area contributed by atoms with Crippen LogP contribution in [0.1, 0.15) is 34.5 Å². The van der Waals surface area contributed by atoms with Crippen LogP contribution in [0.15, 0.2) is 35.7 Å². The van der Waals surface area contributed by atoms with Crippen LogP contribution >= 0.6 is 11.3 Å². The fourth-order valence-corrected chi connectivity index (χ4v) is 2.65. The van der Waals surface area contributed by atoms with Gasteiger partial charge in [-0.25, -0.2) is 0 Å². The van der Waals surface area contributed by atoms with E-state index in [1.54, 1.807) is 0 Å². The van der Waals surface area contributed by atoms with Gasteiger partial charge in [-0.3, -0.25) is 0 Å². The Morgan fingerprint density at radius 1 is 1.24 bits per heavy atom. The molecule has 1 N–H and O–H groups in total. The van der Waals surface area contributed by atoms with Crippen molar-refractivity contribution < 1.29 is 0 Å². The maximum Gasteiger partial charge on any atom is 0.0388 e. The normalized spacial score (nSPS) is 12.6. The molecular formula is C15H19NS. The first-order valence-corrected chi connectivity index (χ1v) is 6.87. The van der Waals surface area contributed by atoms with E-state index in [0.29, 0.717) is 6.04 Å². The van der Waals surface area contributed by atoms with Gasteiger partial charge in [-0.05, 0) is 43.3 Å². The Labute approximate surface area is 108 Å². The smallest absolute Gasteiger partial charge is 0.0388 e. The van der Waals surface area contributed by atoms with Crippen molar-refractivity contribution >= 4 is 11.3 Å². The molecule has 0 aliphatic rings. The van der Waals surface area contributed by atoms with Crippen molar-refractivity contribution in [2.75, 3.05) is 0 Å². The van der Waals surface area contributed by atoms with E-state index in [1.165, 1.54) is 21.6 Å². The molecule has 1 aromatic carbocycles. The Balaban J connectivity index is 2.00. The van der Waals surface area contributed by atoms with Crippen LogP contribution in [-0.2, 0) is 6.54 Å². The molecule has 2 heteroatoms. The number of hydrogen-bond acceptors (Lipinski definition) is 2. The maximum atomic E-state index is 3.58. The van der Waals surface area contributed by atoms with Gasteiger partial charge in [0.15, 0.2) is 0 Å². The molecule has 1 unspecified atom stereocenters. The summed E-state index contributed by atoms with van der Waals surface area (Å²) in [5.41, 5.74) is 4.09. The molecule has 0 saturated heterocycles. The van der Waals surface area contributed by atoms with Crippen molar-refractivity contribution in [1.82, 2.24) is 5.32 Å². The number of benzene rings is 1. The van der Waals surface area contributed by atoms with E-state index < -0.39 is 0 Å². The van der Waals surface area contributed by atoms with Crippen molar-refractivity contribution in [3.8, 4) is 0 Å². The number of nitrogens with one attached hydrogen (secondary N) is 1. The molecular weight excluding hydrogens is 226 g/mol. The molecule has 0 bridgehead atoms. The number of hydrogen-bond donors (Lipinski definition) is 1. The Morgan fingerprint density at radius 2 is 2.06 bits per heavy atom. The van der Waals surface area contributed by atoms with Crippen molar-refractivity contribution in [3.63, 3.8) is 0 Å². The second-order valence-electron chi connectivity index (χ2n) is 4.55. The van der Waals surface area contributed by atoms with Gasteiger partial charge < -0.3 is 5.32 Å². The van der Waals surface area contributed by atoms with Crippen LogP contribution in [0.2, 0.25) is 0 Å². The molecule has 17 heavy (non-hydrogen) atoms. The lowest BCUT2D eigenvalue weighted by molar-refractivity contribution is 0.581. The Hall–Kier alpha value is -1.12. The number of rotatable bonds is 4. The molecule has 90 valence electrons. The van der Waals surface area contributed by atoms with Gasteiger partial charge in [0, 0.05) is 17.5 Å². The van der Waals surface area contributed by atoms with Crippen molar-refractivity contribution in [2.24, 2.45) is 0 Å². The zero-order valence-corrected chi connectivity index (χ0v) is 11.5. The fraction of sp³-hybridized carbons (Fsp3) is 0.333. The van der Waals surface area contributed by atoms with Crippen LogP contribution in [0.3, 0.4) is 0 Å². The van der Waals surface area contributed by atoms with Gasteiger partial charge in [-0.1, -0.05) is 29.8 Å². The maximum absolute atomic E-state index is 3.58. The summed E-state index contributed by atoms with van der Waals surface area (Å²) in [6.07, 6.45) is 0. The first kappa shape index (κ1) is 12.3. The molecule has 1 heterocycles. The molecule has 1 aromatic heterocycles. The number of aryl methyl sites for hydroxylation is 2. The molecule has 1 nitrogen and oxygen atoms in total. The van der Waals surface area contributed by atoms with Gasteiger partial charge in [-0.15, -0.1) is 11.3 Å². The van der Waals surface area contributed by atoms with Crippen molar-refractivity contribution in [2.45, 2.75) is 33.4 Å². The summed E-state index contributed by atoms with van der Waals surface area (Å²) in [7, 11) is 0. The summed E-state index contributed by atoms with van der Waals surface area (Å²) >= 11 is 1.81. The highest BCUT2D eigenvalue weighted by Crippen LogP contribution is 2.19. The molecule has 0 saturated carbocycles. The minimum Gasteiger partial charge on any atom is -0.305 e. The molecule has 2 aromatic rings. The van der Waals surface area contributed by atoms with Gasteiger partial charge in [0.05, 0.1) is 0 Å². The summed E-state index contributed by atoms with van der Waals surface area (Å²) in [4.78, 5) is 1.40. The molecule has 0 radical (unpaired) electrons. The lowest BCUT2D eigenvalue weighted by atomic mass is 10.1. The summed E-state index contributed by atoms with van der Waals surface area (Å²) in [5, 5.41) is 5.71. The summed E-state index contributed by atoms with van der Waals surface area (Å²) < 4.78 is 0. The molecule has 2 rings (SSSR count). The lowest BCUT2D eigenvalue weighted by Gasteiger charge is -2.14. The highest BCUT2D eigenvalue weighted by molar-refractivity contribution is 7.10. The van der Waals surface area contributed by atoms with Crippen LogP contribution in [-0.4, -0.2) is 0 Å². The van der Waals surface area contributed by atoms with Crippen LogP contribution < -0.4 is 5.32 Å². The minimum atomic E-state index is 0.426. The van der Waals surface area contributed by atoms with Crippen molar-refractivity contribution in [3.05, 3.63) is 57.3 Å². The van der Waals surface area contributed by atoms with Gasteiger partial charge in [0.2, 0.25) is 0 Å². The monoisotopic (exact) mass is 245 g/mol. The first-order valence-electron chi connectivity index (χ1n) is 6.00. The third kappa shape index (κ3) is 3.18. The van der Waals surface area contributed by atoms with Crippen LogP contribution in [0.4, 0.5) is 0 Å². The lowest BCUT2D eigenvalue weighted by Crippen LogP contribution is -2.17. The van der Waals surface area contributed by atoms with Crippen molar-refractivity contribution in [1.29, 1.82) is 0 Å². The zero-order valence-electron chi connectivity index (χ0n) is 10.7. The minimum absolute atomic E-state index is 0.426. The summed E-state index contributed by atoms with van der Waals surface area (Å²) in [6, 6.07) is 11.4. The van der Waals surface area contributed by atoms with E-state index in [4.69, 9.17) is 0 Å². The van der Waals surface area contributed by atoms with Gasteiger partial charge in [-0.2, -0.15) is 0 Å². The standard InChI is InChI=1S/C15H19NS/c1-11-6-7-12(2)14(9-11)10-16-13(3)15-5-4-8-17-15/h4-9,13,16H,10H2,1-3H3. The van der Waals surface area contributed by atoms with E-state index in [2.05, 4.69) is 61.8 Å². The Bertz CT molecular complexity index is 474. The fourth-order valence-electron chi connectivity index (χ4n) is 1.89. The SMILES string of the molecule is Cc1ccc(C)c(CNC(C)c2cccs2)c1. The number of thiophene rings is 1. The highest BCUT2D eigenvalue weighted by atomic mass is 32.1. The van der Waals surface area contributed by atoms with E-state index in [9.17, 15) is 0 Å². The van der Waals surface area contributed by atoms with Gasteiger partial charge in [0.25, 0.3) is 0 Å². The molecule has 0 aliphatic heterocycles. The summed E-state index contributed by atoms with van der Waals surface area (Å²) in [5.74, 6) is 0. The molecule has 0 fully saturated rings. The third-order valence-electron chi connectivity index (χ3n) is 3.07. The quantitative estimate of drug-likeness (QED) is 0.850. The average Bonchev–Trinajstić information content (AvgIpc) is 2.83. The predicted molar refractivity (Wildman–Crippen MR) is 75.5 cm³/mol. The Kier molecular flexibility index (Phi) is 3.97. The van der Waals surface area contributed by atoms with Crippen LogP contribution in [0.5, 0.6) is 0 Å². The van der Waals surface area contributed by atoms with E-state index in [-0.39, 0.29) is 0 Å². The molecule has 0 amide bonds. The molecule has 0 aliphatic carbocycles. The molecule has 1 atom stereocenters. The highest BCUT2D eigenvalue weighted by Gasteiger charge is 2.06. The predicted octanol–water partition coefficient (Wildman–Crippen LogP) is 4.22. The van der Waals surface area contributed by atoms with Crippen LogP contribution in [0.25, 0.3) is 0 Å². The third-order valence-corrected chi connectivity index (χ3v) is 4.13. The van der Waals surface area contributed by atoms with Gasteiger partial charge >= 0.3 is 0 Å². The van der Waals surface area contributed by atoms with Gasteiger partial charge in [0.1, 0.15) is 0 Å². The topological polar surface area (TPSA) is 12.0 Å². The first-order chi connectivity index (χ1) is 8.16. The summed E-state index contributed by atoms with van der Waals surface area (Å²) in [6.45, 7) is 7.47. The van der Waals surface area contributed by atoms with E-state index >= 15 is 0 Å². The average molecular weight is 245 g/mol. The molecule has 0 spiro atoms.